The predicted octanol–water partition coefficient (Wildman–Crippen LogP) is 5.83. The number of benzene rings is 4. The van der Waals surface area contributed by atoms with E-state index >= 15 is 0 Å². The third kappa shape index (κ3) is 4.03. The second-order valence-corrected chi connectivity index (χ2v) is 10.2. The van der Waals surface area contributed by atoms with Crippen LogP contribution in [0.4, 0.5) is 5.69 Å². The van der Waals surface area contributed by atoms with Crippen molar-refractivity contribution in [2.24, 2.45) is 0 Å². The Hall–Kier alpha value is -3.29. The van der Waals surface area contributed by atoms with Crippen LogP contribution in [0.25, 0.3) is 0 Å². The van der Waals surface area contributed by atoms with Crippen LogP contribution in [0.2, 0.25) is 0 Å². The van der Waals surface area contributed by atoms with E-state index in [4.69, 9.17) is 0 Å². The van der Waals surface area contributed by atoms with E-state index in [1.807, 2.05) is 104 Å². The monoisotopic (exact) mass is 413 g/mol. The number of nitrogens with one attached hydrogen (secondary N) is 1. The third-order valence-corrected chi connectivity index (χ3v) is 8.49. The highest BCUT2D eigenvalue weighted by Gasteiger charge is 2.38. The minimum Gasteiger partial charge on any atom is -0.508 e. The zero-order valence-electron chi connectivity index (χ0n) is 16.8. The van der Waals surface area contributed by atoms with E-state index in [1.165, 1.54) is 0 Å². The average molecular weight is 413 g/mol. The summed E-state index contributed by atoms with van der Waals surface area (Å²) in [4.78, 5) is 0. The maximum atomic E-state index is 14.9. The lowest BCUT2D eigenvalue weighted by atomic mass is 10.2. The summed E-state index contributed by atoms with van der Waals surface area (Å²) >= 11 is 0. The van der Waals surface area contributed by atoms with Crippen LogP contribution >= 0.6 is 7.14 Å². The lowest BCUT2D eigenvalue weighted by molar-refractivity contribution is 0.475. The standard InChI is InChI=1S/C26H24NO2P/c1-20-12-16-22(17-13-20)27-26(21-14-18-23(28)19-15-21)30(29,24-8-4-2-5-9-24)25-10-6-3-7-11-25/h2-19,26-28H,1H3/t26-/m0/s1. The number of anilines is 1. The first kappa shape index (κ1) is 20.0. The molecule has 0 saturated heterocycles. The zero-order chi connectivity index (χ0) is 21.0. The van der Waals surface area contributed by atoms with Gasteiger partial charge in [0.05, 0.1) is 0 Å². The summed E-state index contributed by atoms with van der Waals surface area (Å²) < 4.78 is 14.9. The number of rotatable bonds is 6. The van der Waals surface area contributed by atoms with Crippen LogP contribution in [0.3, 0.4) is 0 Å². The lowest BCUT2D eigenvalue weighted by Crippen LogP contribution is -2.25. The minimum atomic E-state index is -3.14. The largest absolute Gasteiger partial charge is 0.508 e. The zero-order valence-corrected chi connectivity index (χ0v) is 17.7. The van der Waals surface area contributed by atoms with Gasteiger partial charge in [-0.25, -0.2) is 0 Å². The van der Waals surface area contributed by atoms with Gasteiger partial charge in [0.1, 0.15) is 11.5 Å². The van der Waals surface area contributed by atoms with Crippen molar-refractivity contribution in [3.8, 4) is 5.75 Å². The summed E-state index contributed by atoms with van der Waals surface area (Å²) in [7, 11) is -3.14. The molecule has 0 fully saturated rings. The third-order valence-electron chi connectivity index (χ3n) is 5.21. The second-order valence-electron chi connectivity index (χ2n) is 7.33. The molecule has 4 rings (SSSR count). The summed E-state index contributed by atoms with van der Waals surface area (Å²) in [6.07, 6.45) is 0. The number of aromatic hydroxyl groups is 1. The molecular weight excluding hydrogens is 389 g/mol. The van der Waals surface area contributed by atoms with Crippen molar-refractivity contribution in [1.29, 1.82) is 0 Å². The van der Waals surface area contributed by atoms with Crippen molar-refractivity contribution in [3.63, 3.8) is 0 Å². The first-order valence-corrected chi connectivity index (χ1v) is 11.7. The van der Waals surface area contributed by atoms with Crippen molar-refractivity contribution in [1.82, 2.24) is 0 Å². The Morgan fingerprint density at radius 3 is 1.70 bits per heavy atom. The first-order valence-electron chi connectivity index (χ1n) is 9.90. The topological polar surface area (TPSA) is 49.3 Å². The molecule has 150 valence electrons. The van der Waals surface area contributed by atoms with Gasteiger partial charge in [-0.05, 0) is 36.8 Å². The molecule has 2 N–H and O–H groups in total. The molecule has 3 nitrogen and oxygen atoms in total. The van der Waals surface area contributed by atoms with E-state index in [0.717, 1.165) is 27.4 Å². The molecule has 4 aromatic rings. The number of hydrogen-bond donors (Lipinski definition) is 2. The smallest absolute Gasteiger partial charge is 0.168 e. The van der Waals surface area contributed by atoms with Gasteiger partial charge >= 0.3 is 0 Å². The molecular formula is C26H24NO2P. The van der Waals surface area contributed by atoms with E-state index in [0.29, 0.717) is 0 Å². The Morgan fingerprint density at radius 2 is 1.20 bits per heavy atom. The van der Waals surface area contributed by atoms with Crippen molar-refractivity contribution < 1.29 is 9.67 Å². The van der Waals surface area contributed by atoms with Gasteiger partial charge in [0.2, 0.25) is 0 Å². The van der Waals surface area contributed by atoms with Gasteiger partial charge in [-0.2, -0.15) is 0 Å². The molecule has 30 heavy (non-hydrogen) atoms. The Morgan fingerprint density at radius 1 is 0.700 bits per heavy atom. The summed E-state index contributed by atoms with van der Waals surface area (Å²) in [6, 6.07) is 34.3. The number of phenolic OH excluding ortho intramolecular Hbond substituents is 1. The van der Waals surface area contributed by atoms with Crippen LogP contribution in [-0.4, -0.2) is 5.11 Å². The number of hydrogen-bond acceptors (Lipinski definition) is 3. The molecule has 0 aliphatic heterocycles. The van der Waals surface area contributed by atoms with Crippen LogP contribution in [0.5, 0.6) is 5.75 Å². The Labute approximate surface area is 177 Å². The quantitative estimate of drug-likeness (QED) is 0.391. The van der Waals surface area contributed by atoms with Gasteiger partial charge in [-0.15, -0.1) is 0 Å². The molecule has 0 saturated carbocycles. The summed E-state index contributed by atoms with van der Waals surface area (Å²) in [5.74, 6) is -0.312. The molecule has 0 aliphatic carbocycles. The average Bonchev–Trinajstić information content (AvgIpc) is 2.80. The number of aryl methyl sites for hydroxylation is 1. The molecule has 0 aliphatic rings. The van der Waals surface area contributed by atoms with E-state index < -0.39 is 12.9 Å². The van der Waals surface area contributed by atoms with Gasteiger partial charge < -0.3 is 15.0 Å². The Kier molecular flexibility index (Phi) is 5.74. The second kappa shape index (κ2) is 8.61. The minimum absolute atomic E-state index is 0.182. The molecule has 0 heterocycles. The lowest BCUT2D eigenvalue weighted by Gasteiger charge is -2.31. The van der Waals surface area contributed by atoms with Gasteiger partial charge in [0.15, 0.2) is 7.14 Å². The fraction of sp³-hybridized carbons (Fsp3) is 0.0769. The molecule has 0 spiro atoms. The maximum Gasteiger partial charge on any atom is 0.168 e. The van der Waals surface area contributed by atoms with Crippen LogP contribution < -0.4 is 15.9 Å². The van der Waals surface area contributed by atoms with E-state index in [1.54, 1.807) is 12.1 Å². The molecule has 1 atom stereocenters. The molecule has 4 heteroatoms. The molecule has 0 aromatic heterocycles. The van der Waals surface area contributed by atoms with Crippen LogP contribution in [0.15, 0.2) is 109 Å². The summed E-state index contributed by atoms with van der Waals surface area (Å²) in [5, 5.41) is 14.9. The van der Waals surface area contributed by atoms with E-state index in [9.17, 15) is 9.67 Å². The highest BCUT2D eigenvalue weighted by Crippen LogP contribution is 2.57. The number of phenols is 1. The van der Waals surface area contributed by atoms with Crippen molar-refractivity contribution in [2.75, 3.05) is 5.32 Å². The van der Waals surface area contributed by atoms with Crippen molar-refractivity contribution in [3.05, 3.63) is 120 Å². The predicted molar refractivity (Wildman–Crippen MR) is 125 cm³/mol. The van der Waals surface area contributed by atoms with Crippen molar-refractivity contribution >= 4 is 23.4 Å². The van der Waals surface area contributed by atoms with Gasteiger partial charge in [0.25, 0.3) is 0 Å². The fourth-order valence-corrected chi connectivity index (χ4v) is 6.64. The molecule has 0 bridgehead atoms. The van der Waals surface area contributed by atoms with E-state index in [2.05, 4.69) is 5.32 Å². The van der Waals surface area contributed by atoms with Crippen LogP contribution in [-0.2, 0) is 4.57 Å². The van der Waals surface area contributed by atoms with Crippen LogP contribution in [0.1, 0.15) is 16.9 Å². The highest BCUT2D eigenvalue weighted by atomic mass is 31.2. The fourth-order valence-electron chi connectivity index (χ4n) is 3.59. The molecule has 0 unspecified atom stereocenters. The van der Waals surface area contributed by atoms with Gasteiger partial charge in [-0.1, -0.05) is 90.5 Å². The molecule has 0 amide bonds. The summed E-state index contributed by atoms with van der Waals surface area (Å²) in [6.45, 7) is 2.04. The first-order chi connectivity index (χ1) is 14.6. The van der Waals surface area contributed by atoms with E-state index in [-0.39, 0.29) is 5.75 Å². The molecule has 4 aromatic carbocycles. The Balaban J connectivity index is 1.92. The normalized spacial score (nSPS) is 12.3. The van der Waals surface area contributed by atoms with Crippen molar-refractivity contribution in [2.45, 2.75) is 12.7 Å². The highest BCUT2D eigenvalue weighted by molar-refractivity contribution is 7.79. The van der Waals surface area contributed by atoms with Gasteiger partial charge in [0, 0.05) is 16.3 Å². The molecule has 0 radical (unpaired) electrons. The maximum absolute atomic E-state index is 14.9. The van der Waals surface area contributed by atoms with Crippen LogP contribution in [0, 0.1) is 6.92 Å². The Bertz CT molecular complexity index is 1100. The SMILES string of the molecule is Cc1ccc(N[C@H](c2ccc(O)cc2)P(=O)(c2ccccc2)c2ccccc2)cc1. The summed E-state index contributed by atoms with van der Waals surface area (Å²) in [5.41, 5.74) is 2.91. The van der Waals surface area contributed by atoms with Gasteiger partial charge in [-0.3, -0.25) is 0 Å².